The van der Waals surface area contributed by atoms with E-state index in [1.165, 1.54) is 11.3 Å². The lowest BCUT2D eigenvalue weighted by atomic mass is 10.2. The third-order valence-electron chi connectivity index (χ3n) is 4.04. The van der Waals surface area contributed by atoms with Gasteiger partial charge in [0.05, 0.1) is 11.4 Å². The molecule has 1 N–H and O–H groups in total. The monoisotopic (exact) mass is 528 g/mol. The zero-order chi connectivity index (χ0) is 19.1. The Hall–Kier alpha value is 0.357. The molecule has 0 radical (unpaired) electrons. The van der Waals surface area contributed by atoms with Crippen molar-refractivity contribution < 1.29 is 9.53 Å². The van der Waals surface area contributed by atoms with E-state index < -0.39 is 8.32 Å². The zero-order valence-electron chi connectivity index (χ0n) is 15.3. The molecule has 0 fully saturated rings. The molecule has 0 saturated heterocycles. The van der Waals surface area contributed by atoms with E-state index in [9.17, 15) is 0 Å². The highest BCUT2D eigenvalue weighted by molar-refractivity contribution is 9.11. The number of thiazole rings is 2. The van der Waals surface area contributed by atoms with Crippen LogP contribution in [-0.4, -0.2) is 36.6 Å². The predicted molar refractivity (Wildman–Crippen MR) is 117 cm³/mol. The molecule has 0 amide bonds. The second kappa shape index (κ2) is 10.6. The van der Waals surface area contributed by atoms with Crippen molar-refractivity contribution in [3.8, 4) is 0 Å². The topological polar surface area (TPSA) is 55.2 Å². The molecule has 9 heteroatoms. The smallest absolute Gasteiger partial charge is 0.191 e. The SMILES string of the molecule is CC(C)(C)[Si](C)(C)OCCc1csc(Br)n1.OCCc1csc(Br)n1. The largest absolute Gasteiger partial charge is 0.416 e. The van der Waals surface area contributed by atoms with Gasteiger partial charge >= 0.3 is 0 Å². The average Bonchev–Trinajstić information content (AvgIpc) is 3.07. The molecule has 142 valence electrons. The standard InChI is InChI=1S/C11H20BrNOSSi.C5H6BrNOS/c1-11(2,3)16(4,5)14-7-6-9-8-15-10(12)13-9;6-5-7-4(1-2-8)3-9-5/h8H,6-7H2,1-5H3;3,8H,1-2H2. The van der Waals surface area contributed by atoms with Crippen LogP contribution in [0.15, 0.2) is 18.6 Å². The molecule has 4 nitrogen and oxygen atoms in total. The average molecular weight is 530 g/mol. The van der Waals surface area contributed by atoms with Crippen molar-refractivity contribution >= 4 is 62.9 Å². The molecule has 0 unspecified atom stereocenters. The van der Waals surface area contributed by atoms with Crippen LogP contribution in [0.5, 0.6) is 0 Å². The number of hydrogen-bond acceptors (Lipinski definition) is 6. The fourth-order valence-corrected chi connectivity index (χ4v) is 4.75. The molecule has 0 aliphatic heterocycles. The van der Waals surface area contributed by atoms with Gasteiger partial charge in [0.25, 0.3) is 0 Å². The Bertz CT molecular complexity index is 642. The third-order valence-corrected chi connectivity index (χ3v) is 11.4. The summed E-state index contributed by atoms with van der Waals surface area (Å²) >= 11 is 9.77. The minimum atomic E-state index is -1.59. The Kier molecular flexibility index (Phi) is 9.95. The molecule has 2 heterocycles. The normalized spacial score (nSPS) is 12.0. The Balaban J connectivity index is 0.000000293. The summed E-state index contributed by atoms with van der Waals surface area (Å²) in [5, 5.41) is 12.8. The number of aliphatic hydroxyl groups is 1. The predicted octanol–water partition coefficient (Wildman–Crippen LogP) is 5.91. The highest BCUT2D eigenvalue weighted by atomic mass is 79.9. The van der Waals surface area contributed by atoms with Gasteiger partial charge in [-0.05, 0) is 50.0 Å². The number of rotatable bonds is 6. The van der Waals surface area contributed by atoms with Crippen LogP contribution in [0, 0.1) is 0 Å². The van der Waals surface area contributed by atoms with E-state index in [-0.39, 0.29) is 11.6 Å². The Morgan fingerprint density at radius 3 is 1.88 bits per heavy atom. The van der Waals surface area contributed by atoms with Crippen molar-refractivity contribution in [2.24, 2.45) is 0 Å². The Morgan fingerprint density at radius 1 is 1.04 bits per heavy atom. The summed E-state index contributed by atoms with van der Waals surface area (Å²) in [4.78, 5) is 8.44. The second-order valence-electron chi connectivity index (χ2n) is 7.02. The molecule has 0 bridgehead atoms. The Morgan fingerprint density at radius 2 is 1.52 bits per heavy atom. The quantitative estimate of drug-likeness (QED) is 0.472. The lowest BCUT2D eigenvalue weighted by Gasteiger charge is -2.36. The van der Waals surface area contributed by atoms with Gasteiger partial charge < -0.3 is 9.53 Å². The van der Waals surface area contributed by atoms with E-state index >= 15 is 0 Å². The van der Waals surface area contributed by atoms with Gasteiger partial charge in [0.15, 0.2) is 16.2 Å². The summed E-state index contributed by atoms with van der Waals surface area (Å²) in [6.07, 6.45) is 1.57. The fraction of sp³-hybridized carbons (Fsp3) is 0.625. The summed E-state index contributed by atoms with van der Waals surface area (Å²) in [6.45, 7) is 12.3. The first-order valence-corrected chi connectivity index (χ1v) is 14.2. The van der Waals surface area contributed by atoms with Crippen LogP contribution < -0.4 is 0 Å². The highest BCUT2D eigenvalue weighted by Gasteiger charge is 2.36. The van der Waals surface area contributed by atoms with Crippen LogP contribution in [0.4, 0.5) is 0 Å². The van der Waals surface area contributed by atoms with E-state index in [1.807, 2.05) is 5.38 Å². The molecule has 0 aliphatic rings. The molecule has 0 saturated carbocycles. The van der Waals surface area contributed by atoms with Gasteiger partial charge in [0.2, 0.25) is 0 Å². The van der Waals surface area contributed by atoms with Crippen molar-refractivity contribution in [1.82, 2.24) is 9.97 Å². The molecule has 0 spiro atoms. The third kappa shape index (κ3) is 8.72. The summed E-state index contributed by atoms with van der Waals surface area (Å²) < 4.78 is 7.93. The van der Waals surface area contributed by atoms with Gasteiger partial charge in [-0.25, -0.2) is 9.97 Å². The van der Waals surface area contributed by atoms with E-state index in [0.29, 0.717) is 6.42 Å². The van der Waals surface area contributed by atoms with Gasteiger partial charge in [0, 0.05) is 36.8 Å². The van der Waals surface area contributed by atoms with Gasteiger partial charge in [-0.15, -0.1) is 22.7 Å². The highest BCUT2D eigenvalue weighted by Crippen LogP contribution is 2.36. The van der Waals surface area contributed by atoms with Crippen LogP contribution in [0.3, 0.4) is 0 Å². The Labute approximate surface area is 176 Å². The molecule has 25 heavy (non-hydrogen) atoms. The van der Waals surface area contributed by atoms with Gasteiger partial charge in [-0.3, -0.25) is 0 Å². The maximum atomic E-state index is 8.48. The van der Waals surface area contributed by atoms with Crippen molar-refractivity contribution in [3.05, 3.63) is 30.0 Å². The first-order valence-electron chi connectivity index (χ1n) is 8.00. The van der Waals surface area contributed by atoms with Crippen LogP contribution in [-0.2, 0) is 17.3 Å². The summed E-state index contributed by atoms with van der Waals surface area (Å²) in [7, 11) is -1.59. The molecule has 0 atom stereocenters. The van der Waals surface area contributed by atoms with Crippen LogP contribution in [0.1, 0.15) is 32.2 Å². The second-order valence-corrected chi connectivity index (χ2v) is 16.1. The van der Waals surface area contributed by atoms with Crippen molar-refractivity contribution in [3.63, 3.8) is 0 Å². The first kappa shape index (κ1) is 23.4. The molecule has 2 aromatic heterocycles. The molecular weight excluding hydrogens is 504 g/mol. The molecule has 0 aliphatic carbocycles. The lowest BCUT2D eigenvalue weighted by Crippen LogP contribution is -2.41. The van der Waals surface area contributed by atoms with Gasteiger partial charge in [-0.1, -0.05) is 20.8 Å². The molecule has 0 aromatic carbocycles. The van der Waals surface area contributed by atoms with E-state index in [0.717, 1.165) is 32.2 Å². The van der Waals surface area contributed by atoms with E-state index in [1.54, 1.807) is 11.3 Å². The number of aromatic nitrogens is 2. The minimum absolute atomic E-state index is 0.177. The van der Waals surface area contributed by atoms with E-state index in [2.05, 4.69) is 81.1 Å². The van der Waals surface area contributed by atoms with Gasteiger partial charge in [-0.2, -0.15) is 0 Å². The summed E-state index contributed by atoms with van der Waals surface area (Å²) in [5.74, 6) is 0. The molecule has 2 rings (SSSR count). The number of aliphatic hydroxyl groups excluding tert-OH is 1. The lowest BCUT2D eigenvalue weighted by molar-refractivity contribution is 0.291. The van der Waals surface area contributed by atoms with Crippen LogP contribution >= 0.6 is 54.5 Å². The number of nitrogens with zero attached hydrogens (tertiary/aromatic N) is 2. The van der Waals surface area contributed by atoms with Crippen LogP contribution in [0.2, 0.25) is 18.1 Å². The van der Waals surface area contributed by atoms with Crippen molar-refractivity contribution in [2.75, 3.05) is 13.2 Å². The van der Waals surface area contributed by atoms with E-state index in [4.69, 9.17) is 9.53 Å². The van der Waals surface area contributed by atoms with Crippen molar-refractivity contribution in [2.45, 2.75) is 51.7 Å². The fourth-order valence-electron chi connectivity index (χ4n) is 1.54. The summed E-state index contributed by atoms with van der Waals surface area (Å²) in [5.41, 5.74) is 2.07. The maximum Gasteiger partial charge on any atom is 0.191 e. The zero-order valence-corrected chi connectivity index (χ0v) is 21.1. The molecular formula is C16H26Br2N2O2S2Si. The number of halogens is 2. The van der Waals surface area contributed by atoms with Crippen molar-refractivity contribution in [1.29, 1.82) is 0 Å². The number of hydrogen-bond donors (Lipinski definition) is 1. The van der Waals surface area contributed by atoms with Gasteiger partial charge in [0.1, 0.15) is 0 Å². The first-order chi connectivity index (χ1) is 11.5. The maximum absolute atomic E-state index is 8.48. The minimum Gasteiger partial charge on any atom is -0.416 e. The summed E-state index contributed by atoms with van der Waals surface area (Å²) in [6, 6.07) is 0. The van der Waals surface area contributed by atoms with Crippen LogP contribution in [0.25, 0.3) is 0 Å². The molecule has 2 aromatic rings.